The molecule has 1 aromatic rings. The summed E-state index contributed by atoms with van der Waals surface area (Å²) in [4.78, 5) is 10.8. The highest BCUT2D eigenvalue weighted by molar-refractivity contribution is 9.10. The summed E-state index contributed by atoms with van der Waals surface area (Å²) >= 11 is 3.29. The minimum Gasteiger partial charge on any atom is -0.466 e. The van der Waals surface area contributed by atoms with Crippen molar-refractivity contribution in [3.63, 3.8) is 0 Å². The summed E-state index contributed by atoms with van der Waals surface area (Å²) < 4.78 is 5.28. The lowest BCUT2D eigenvalue weighted by molar-refractivity contribution is -0.134. The van der Waals surface area contributed by atoms with Crippen LogP contribution in [0.3, 0.4) is 0 Å². The van der Waals surface area contributed by atoms with Crippen LogP contribution < -0.4 is 5.32 Å². The summed E-state index contributed by atoms with van der Waals surface area (Å²) in [7, 11) is 1.30. The molecule has 0 radical (unpaired) electrons. The van der Waals surface area contributed by atoms with E-state index in [1.807, 2.05) is 6.07 Å². The Morgan fingerprint density at radius 1 is 1.62 bits per heavy atom. The van der Waals surface area contributed by atoms with Crippen molar-refractivity contribution in [2.24, 2.45) is 0 Å². The van der Waals surface area contributed by atoms with Gasteiger partial charge in [-0.2, -0.15) is 5.26 Å². The van der Waals surface area contributed by atoms with Gasteiger partial charge in [-0.3, -0.25) is 0 Å². The second-order valence-corrected chi connectivity index (χ2v) is 3.72. The maximum absolute atomic E-state index is 10.8. The van der Waals surface area contributed by atoms with E-state index >= 15 is 0 Å². The molecule has 4 nitrogen and oxygen atoms in total. The zero-order valence-electron chi connectivity index (χ0n) is 8.53. The molecule has 16 heavy (non-hydrogen) atoms. The molecule has 0 aromatic heterocycles. The number of halogens is 1. The third kappa shape index (κ3) is 3.41. The van der Waals surface area contributed by atoms with Crippen LogP contribution in [-0.2, 0) is 9.53 Å². The Morgan fingerprint density at radius 3 is 3.00 bits per heavy atom. The molecule has 0 bridgehead atoms. The van der Waals surface area contributed by atoms with Crippen molar-refractivity contribution in [2.75, 3.05) is 12.4 Å². The van der Waals surface area contributed by atoms with E-state index in [0.717, 1.165) is 4.47 Å². The van der Waals surface area contributed by atoms with Gasteiger partial charge >= 0.3 is 5.97 Å². The summed E-state index contributed by atoms with van der Waals surface area (Å²) in [5.74, 6) is -0.457. The maximum Gasteiger partial charge on any atom is 0.331 e. The van der Waals surface area contributed by atoms with E-state index in [-0.39, 0.29) is 0 Å². The standard InChI is InChI=1S/C11H9BrN2O2/c1-16-11(15)4-5-14-10-6-9(12)3-2-8(10)7-13/h2-6,14H,1H3/b5-4+. The Labute approximate surface area is 102 Å². The van der Waals surface area contributed by atoms with Crippen molar-refractivity contribution in [1.29, 1.82) is 5.26 Å². The molecule has 0 atom stereocenters. The van der Waals surface area contributed by atoms with Gasteiger partial charge in [0.25, 0.3) is 0 Å². The molecule has 0 unspecified atom stereocenters. The van der Waals surface area contributed by atoms with Crippen molar-refractivity contribution >= 4 is 27.6 Å². The summed E-state index contributed by atoms with van der Waals surface area (Å²) in [5.41, 5.74) is 1.12. The molecular weight excluding hydrogens is 272 g/mol. The highest BCUT2D eigenvalue weighted by Crippen LogP contribution is 2.20. The van der Waals surface area contributed by atoms with Gasteiger partial charge in [-0.15, -0.1) is 0 Å². The number of hydrogen-bond acceptors (Lipinski definition) is 4. The Hall–Kier alpha value is -1.80. The van der Waals surface area contributed by atoms with Crippen LogP contribution in [0.5, 0.6) is 0 Å². The summed E-state index contributed by atoms with van der Waals surface area (Å²) in [5, 5.41) is 11.7. The molecular formula is C11H9BrN2O2. The average molecular weight is 281 g/mol. The molecule has 82 valence electrons. The first kappa shape index (κ1) is 12.3. The van der Waals surface area contributed by atoms with Gasteiger partial charge in [0, 0.05) is 16.7 Å². The number of methoxy groups -OCH3 is 1. The van der Waals surface area contributed by atoms with Crippen LogP contribution in [-0.4, -0.2) is 13.1 Å². The monoisotopic (exact) mass is 280 g/mol. The fourth-order valence-electron chi connectivity index (χ4n) is 1.00. The number of nitrogens with one attached hydrogen (secondary N) is 1. The Morgan fingerprint density at radius 2 is 2.38 bits per heavy atom. The van der Waals surface area contributed by atoms with Gasteiger partial charge in [0.05, 0.1) is 18.4 Å². The zero-order valence-corrected chi connectivity index (χ0v) is 10.1. The largest absolute Gasteiger partial charge is 0.466 e. The normalized spacial score (nSPS) is 9.81. The molecule has 1 N–H and O–H groups in total. The van der Waals surface area contributed by atoms with E-state index in [1.165, 1.54) is 19.4 Å². The molecule has 0 aliphatic rings. The first-order chi connectivity index (χ1) is 7.67. The van der Waals surface area contributed by atoms with Gasteiger partial charge in [-0.05, 0) is 18.2 Å². The van der Waals surface area contributed by atoms with Crippen LogP contribution in [0.4, 0.5) is 5.69 Å². The highest BCUT2D eigenvalue weighted by atomic mass is 79.9. The molecule has 0 aliphatic heterocycles. The summed E-state index contributed by atoms with van der Waals surface area (Å²) in [6.07, 6.45) is 2.66. The van der Waals surface area contributed by atoms with E-state index < -0.39 is 5.97 Å². The lowest BCUT2D eigenvalue weighted by Crippen LogP contribution is -1.97. The lowest BCUT2D eigenvalue weighted by Gasteiger charge is -2.03. The SMILES string of the molecule is COC(=O)/C=C/Nc1cc(Br)ccc1C#N. The number of rotatable bonds is 3. The predicted octanol–water partition coefficient (Wildman–Crippen LogP) is 2.42. The van der Waals surface area contributed by atoms with E-state index in [9.17, 15) is 4.79 Å². The van der Waals surface area contributed by atoms with Crippen LogP contribution in [0, 0.1) is 11.3 Å². The Kier molecular flexibility index (Phi) is 4.55. The second kappa shape index (κ2) is 5.93. The third-order valence-electron chi connectivity index (χ3n) is 1.76. The smallest absolute Gasteiger partial charge is 0.331 e. The van der Waals surface area contributed by atoms with Crippen LogP contribution >= 0.6 is 15.9 Å². The predicted molar refractivity (Wildman–Crippen MR) is 63.6 cm³/mol. The average Bonchev–Trinajstić information content (AvgIpc) is 2.29. The number of nitrogens with zero attached hydrogens (tertiary/aromatic N) is 1. The van der Waals surface area contributed by atoms with Gasteiger partial charge in [-0.25, -0.2) is 4.79 Å². The zero-order chi connectivity index (χ0) is 12.0. The van der Waals surface area contributed by atoms with E-state index in [0.29, 0.717) is 11.3 Å². The molecule has 0 saturated heterocycles. The lowest BCUT2D eigenvalue weighted by atomic mass is 10.2. The minimum absolute atomic E-state index is 0.457. The van der Waals surface area contributed by atoms with Gasteiger partial charge in [-0.1, -0.05) is 15.9 Å². The number of esters is 1. The van der Waals surface area contributed by atoms with Crippen LogP contribution in [0.15, 0.2) is 34.9 Å². The number of hydrogen-bond donors (Lipinski definition) is 1. The molecule has 0 spiro atoms. The molecule has 0 heterocycles. The molecule has 0 amide bonds. The number of nitriles is 1. The van der Waals surface area contributed by atoms with Gasteiger partial charge < -0.3 is 10.1 Å². The van der Waals surface area contributed by atoms with Crippen molar-refractivity contribution in [2.45, 2.75) is 0 Å². The Balaban J connectivity index is 2.81. The molecule has 0 aliphatic carbocycles. The van der Waals surface area contributed by atoms with Crippen LogP contribution in [0.1, 0.15) is 5.56 Å². The second-order valence-electron chi connectivity index (χ2n) is 2.80. The van der Waals surface area contributed by atoms with Crippen molar-refractivity contribution in [3.05, 3.63) is 40.5 Å². The molecule has 0 saturated carbocycles. The van der Waals surface area contributed by atoms with E-state index in [2.05, 4.69) is 26.0 Å². The first-order valence-electron chi connectivity index (χ1n) is 4.38. The van der Waals surface area contributed by atoms with Gasteiger partial charge in [0.15, 0.2) is 0 Å². The van der Waals surface area contributed by atoms with Crippen molar-refractivity contribution in [3.8, 4) is 6.07 Å². The first-order valence-corrected chi connectivity index (χ1v) is 5.17. The van der Waals surface area contributed by atoms with Crippen LogP contribution in [0.25, 0.3) is 0 Å². The van der Waals surface area contributed by atoms with Crippen LogP contribution in [0.2, 0.25) is 0 Å². The van der Waals surface area contributed by atoms with Gasteiger partial charge in [0.2, 0.25) is 0 Å². The molecule has 0 fully saturated rings. The third-order valence-corrected chi connectivity index (χ3v) is 2.25. The number of ether oxygens (including phenoxy) is 1. The van der Waals surface area contributed by atoms with Crippen molar-refractivity contribution in [1.82, 2.24) is 0 Å². The molecule has 1 aromatic carbocycles. The topological polar surface area (TPSA) is 62.1 Å². The fraction of sp³-hybridized carbons (Fsp3) is 0.0909. The fourth-order valence-corrected chi connectivity index (χ4v) is 1.36. The number of carbonyl (C=O) groups is 1. The van der Waals surface area contributed by atoms with E-state index in [4.69, 9.17) is 5.26 Å². The summed E-state index contributed by atoms with van der Waals surface area (Å²) in [6.45, 7) is 0. The maximum atomic E-state index is 10.8. The summed E-state index contributed by atoms with van der Waals surface area (Å²) in [6, 6.07) is 7.24. The quantitative estimate of drug-likeness (QED) is 0.682. The highest BCUT2D eigenvalue weighted by Gasteiger charge is 2.00. The Bertz CT molecular complexity index is 464. The number of anilines is 1. The van der Waals surface area contributed by atoms with Crippen molar-refractivity contribution < 1.29 is 9.53 Å². The molecule has 5 heteroatoms. The minimum atomic E-state index is -0.457. The van der Waals surface area contributed by atoms with E-state index in [1.54, 1.807) is 18.2 Å². The molecule has 1 rings (SSSR count). The van der Waals surface area contributed by atoms with Gasteiger partial charge in [0.1, 0.15) is 6.07 Å². The number of benzene rings is 1. The number of carbonyl (C=O) groups excluding carboxylic acids is 1.